The average Bonchev–Trinajstić information content (AvgIpc) is 4.08. The molecule has 0 radical (unpaired) electrons. The van der Waals surface area contributed by atoms with Crippen LogP contribution in [-0.4, -0.2) is 80.5 Å². The standard InChI is InChI=1S/C27H42O3.C23H38O2.C6H15N.C4H5ClO.C4H8O.CH4.H9P7/c1-4-5-8-11-23-12-14-24(15-13-23)25-16-18-26(19-17-25)29-20-9-6-7-10-21-30-27(28)22(2)3;1-2-3-6-9-20-10-12-21(13-11-20)22-14-16-23(17-15-22)25-19-8-5-4-7-18-24;1-4-7(5-2)6-3;1-3(2)4(5)6;1-2-4-5-3-1;;1-5-7(4)6(2)3/h16-19,23-24H,2,4-15,20-21H2,1,3H3;14-17,20-21,24H,2-13,18-19H2,1H3;4-6H2,1-3H3;1H2,2H3;1-4H2;1H4;5H,1-4H2. The highest BCUT2D eigenvalue weighted by atomic mass is 35.5. The highest BCUT2D eigenvalue weighted by Crippen LogP contribution is 2.92. The predicted molar refractivity (Wildman–Crippen MR) is 378 cm³/mol. The molecule has 6 atom stereocenters. The van der Waals surface area contributed by atoms with E-state index in [1.165, 1.54) is 146 Å². The van der Waals surface area contributed by atoms with Gasteiger partial charge in [0.05, 0.1) is 19.8 Å². The molecule has 8 nitrogen and oxygen atoms in total. The molecule has 1 saturated heterocycles. The van der Waals surface area contributed by atoms with Crippen LogP contribution in [0, 0.1) is 11.8 Å². The fourth-order valence-electron chi connectivity index (χ4n) is 9.65. The topological polar surface area (TPSA) is 94.5 Å². The van der Waals surface area contributed by atoms with Gasteiger partial charge in [-0.15, -0.1) is 35.7 Å². The van der Waals surface area contributed by atoms with Gasteiger partial charge in [0.25, 0.3) is 0 Å². The van der Waals surface area contributed by atoms with E-state index in [0.717, 1.165) is 121 Å². The molecule has 5 rings (SSSR count). The maximum absolute atomic E-state index is 11.3. The van der Waals surface area contributed by atoms with Crippen molar-refractivity contribution in [2.75, 3.05) is 59.3 Å². The SMILES string of the molecule is C.C1CCOC1.C=C(C)C(=O)Cl.C=C(C)C(=O)OCCCCCCOc1ccc(C2CCC(CCCCC)CC2)cc1.CCCCCC1CCC(c2ccc(OCCCCCCO)cc2)CC1.CCN(CC)CC.PPP(P)P(P)P. The van der Waals surface area contributed by atoms with E-state index in [1.54, 1.807) is 13.8 Å². The first-order valence-electron chi connectivity index (χ1n) is 30.9. The summed E-state index contributed by atoms with van der Waals surface area (Å²) in [7, 11) is 12.4. The maximum Gasteiger partial charge on any atom is 0.333 e. The first-order chi connectivity index (χ1) is 38.6. The summed E-state index contributed by atoms with van der Waals surface area (Å²) in [6.45, 7) is 29.6. The van der Waals surface area contributed by atoms with Gasteiger partial charge in [0, 0.05) is 31.0 Å². The molecule has 3 fully saturated rings. The van der Waals surface area contributed by atoms with Gasteiger partial charge in [-0.3, -0.25) is 4.79 Å². The summed E-state index contributed by atoms with van der Waals surface area (Å²) in [5.74, 6) is 5.13. The van der Waals surface area contributed by atoms with Gasteiger partial charge >= 0.3 is 5.97 Å². The normalized spacial score (nSPS) is 17.7. The third-order valence-electron chi connectivity index (χ3n) is 14.9. The van der Waals surface area contributed by atoms with E-state index < -0.39 is 5.24 Å². The minimum atomic E-state index is -0.463. The van der Waals surface area contributed by atoms with Crippen molar-refractivity contribution in [2.24, 2.45) is 11.8 Å². The molecule has 1 heterocycles. The highest BCUT2D eigenvalue weighted by Gasteiger charge is 2.23. The van der Waals surface area contributed by atoms with Crippen LogP contribution in [-0.2, 0) is 19.1 Å². The molecule has 0 spiro atoms. The van der Waals surface area contributed by atoms with Crippen molar-refractivity contribution in [2.45, 2.75) is 235 Å². The Hall–Kier alpha value is -0.160. The molecule has 6 unspecified atom stereocenters. The molecule has 16 heteroatoms. The van der Waals surface area contributed by atoms with Crippen LogP contribution >= 0.6 is 69.2 Å². The van der Waals surface area contributed by atoms with Crippen LogP contribution in [0.5, 0.6) is 11.5 Å². The summed E-state index contributed by atoms with van der Waals surface area (Å²) in [6.07, 6.45) is 33.1. The molecule has 1 N–H and O–H groups in total. The molecule has 81 heavy (non-hydrogen) atoms. The van der Waals surface area contributed by atoms with E-state index in [-0.39, 0.29) is 27.4 Å². The zero-order chi connectivity index (χ0) is 59.6. The number of halogens is 1. The van der Waals surface area contributed by atoms with Crippen LogP contribution in [0.2, 0.25) is 0 Å². The molecule has 2 aromatic carbocycles. The van der Waals surface area contributed by atoms with E-state index >= 15 is 0 Å². The Morgan fingerprint density at radius 3 is 1.27 bits per heavy atom. The third-order valence-corrected chi connectivity index (χ3v) is 45.7. The van der Waals surface area contributed by atoms with E-state index in [2.05, 4.69) is 137 Å². The first kappa shape index (κ1) is 82.9. The molecular formula is C65H121ClNO7P7. The second-order valence-corrected chi connectivity index (χ2v) is 44.1. The van der Waals surface area contributed by atoms with Gasteiger partial charge in [-0.25, -0.2) is 4.79 Å². The first-order valence-corrected chi connectivity index (χ1v) is 43.2. The Kier molecular flexibility index (Phi) is 58.9. The number of rotatable bonds is 32. The second kappa shape index (κ2) is 57.6. The number of ether oxygens (including phenoxy) is 4. The fraction of sp³-hybridized carbons (Fsp3) is 0.723. The molecule has 0 bridgehead atoms. The van der Waals surface area contributed by atoms with Gasteiger partial charge in [0.15, 0.2) is 0 Å². The summed E-state index contributed by atoms with van der Waals surface area (Å²) in [4.78, 5) is 23.5. The lowest BCUT2D eigenvalue weighted by atomic mass is 9.77. The third kappa shape index (κ3) is 46.6. The zero-order valence-corrected chi connectivity index (χ0v) is 59.7. The Bertz CT molecular complexity index is 1750. The smallest absolute Gasteiger partial charge is 0.333 e. The fourth-order valence-corrected chi connectivity index (χ4v) is 25.8. The number of allylic oxidation sites excluding steroid dienone is 1. The summed E-state index contributed by atoms with van der Waals surface area (Å²) in [5.41, 5.74) is 3.84. The van der Waals surface area contributed by atoms with Crippen LogP contribution < -0.4 is 9.47 Å². The van der Waals surface area contributed by atoms with Crippen LogP contribution in [0.3, 0.4) is 0 Å². The minimum Gasteiger partial charge on any atom is -0.494 e. The molecule has 2 saturated carbocycles. The summed E-state index contributed by atoms with van der Waals surface area (Å²) >= 11 is 4.87. The lowest BCUT2D eigenvalue weighted by Crippen LogP contribution is -2.21. The van der Waals surface area contributed by atoms with Gasteiger partial charge in [0.2, 0.25) is 5.24 Å². The number of carbonyl (C=O) groups excluding carboxylic acids is 2. The van der Waals surface area contributed by atoms with E-state index in [1.807, 2.05) is 0 Å². The second-order valence-electron chi connectivity index (χ2n) is 21.6. The largest absolute Gasteiger partial charge is 0.494 e. The molecule has 0 aromatic heterocycles. The van der Waals surface area contributed by atoms with Gasteiger partial charge in [-0.2, -0.15) is 0 Å². The lowest BCUT2D eigenvalue weighted by Gasteiger charge is -2.29. The van der Waals surface area contributed by atoms with Crippen LogP contribution in [0.25, 0.3) is 0 Å². The van der Waals surface area contributed by atoms with E-state index in [9.17, 15) is 9.59 Å². The number of hydrogen-bond acceptors (Lipinski definition) is 8. The number of unbranched alkanes of at least 4 members (excludes halogenated alkanes) is 10. The number of aliphatic hydroxyl groups is 1. The van der Waals surface area contributed by atoms with Crippen molar-refractivity contribution in [3.8, 4) is 11.5 Å². The van der Waals surface area contributed by atoms with Gasteiger partial charge in [-0.1, -0.05) is 145 Å². The van der Waals surface area contributed by atoms with Crippen molar-refractivity contribution in [3.05, 3.63) is 84.0 Å². The molecule has 2 aromatic rings. The predicted octanol–water partition coefficient (Wildman–Crippen LogP) is 21.8. The summed E-state index contributed by atoms with van der Waals surface area (Å²) in [6, 6.07) is 17.7. The van der Waals surface area contributed by atoms with Gasteiger partial charge in [-0.05, 0) is 227 Å². The van der Waals surface area contributed by atoms with E-state index in [0.29, 0.717) is 24.4 Å². The number of carbonyl (C=O) groups is 2. The van der Waals surface area contributed by atoms with Gasteiger partial charge in [0.1, 0.15) is 11.5 Å². The summed E-state index contributed by atoms with van der Waals surface area (Å²) < 4.78 is 21.8. The number of hydrogen-bond donors (Lipinski definition) is 1. The van der Waals surface area contributed by atoms with Crippen molar-refractivity contribution in [1.82, 2.24) is 4.90 Å². The summed E-state index contributed by atoms with van der Waals surface area (Å²) in [5, 5.41) is 8.30. The molecule has 3 aliphatic rings. The van der Waals surface area contributed by atoms with Crippen LogP contribution in [0.1, 0.15) is 246 Å². The highest BCUT2D eigenvalue weighted by molar-refractivity contribution is 8.98. The van der Waals surface area contributed by atoms with Crippen LogP contribution in [0.4, 0.5) is 0 Å². The average molecular weight is 1280 g/mol. The number of benzene rings is 2. The Balaban J connectivity index is 0. The number of nitrogens with zero attached hydrogens (tertiary/aromatic N) is 1. The van der Waals surface area contributed by atoms with Gasteiger partial charge < -0.3 is 29.0 Å². The molecule has 2 aliphatic carbocycles. The molecule has 0 amide bonds. The van der Waals surface area contributed by atoms with Crippen molar-refractivity contribution < 1.29 is 33.6 Å². The Morgan fingerprint density at radius 2 is 1.00 bits per heavy atom. The quantitative estimate of drug-likeness (QED) is 0.0255. The minimum absolute atomic E-state index is 0. The van der Waals surface area contributed by atoms with Crippen LogP contribution in [0.15, 0.2) is 72.8 Å². The molecule has 1 aliphatic heterocycles. The lowest BCUT2D eigenvalue weighted by molar-refractivity contribution is -0.139. The zero-order valence-electron chi connectivity index (χ0n) is 51.5. The van der Waals surface area contributed by atoms with Crippen molar-refractivity contribution in [3.63, 3.8) is 0 Å². The Morgan fingerprint density at radius 1 is 0.617 bits per heavy atom. The Labute approximate surface area is 517 Å². The van der Waals surface area contributed by atoms with E-state index in [4.69, 9.17) is 35.7 Å². The molecule has 470 valence electrons. The monoisotopic (exact) mass is 1280 g/mol. The number of esters is 1. The van der Waals surface area contributed by atoms with Crippen molar-refractivity contribution in [1.29, 1.82) is 0 Å². The van der Waals surface area contributed by atoms with Crippen molar-refractivity contribution >= 4 is 80.5 Å². The number of aliphatic hydroxyl groups excluding tert-OH is 1. The maximum atomic E-state index is 11.3. The molecular weight excluding hydrogens is 1160 g/mol.